The molecule has 9 heteroatoms. The standard InChI is InChI=1S/C18H21N3O4S2/c1-7-4-10(5-19-7)11-6-26-18(20-11)27-15-8(2)13-12(9(3)22)16(23)21(13)14(15)17(24)25/h4,6-9,12-13,19,22H,5H2,1-3H3,(H,24,25)/t7-,8-,9-,12-,13?/m1/s1. The number of aliphatic hydroxyl groups is 1. The Morgan fingerprint density at radius 2 is 2.22 bits per heavy atom. The molecule has 0 radical (unpaired) electrons. The fraction of sp³-hybridized carbons (Fsp3) is 0.500. The van der Waals surface area contributed by atoms with E-state index in [-0.39, 0.29) is 23.6 Å². The van der Waals surface area contributed by atoms with E-state index in [9.17, 15) is 19.8 Å². The third kappa shape index (κ3) is 2.93. The highest BCUT2D eigenvalue weighted by molar-refractivity contribution is 8.04. The molecule has 1 amide bonds. The van der Waals surface area contributed by atoms with Crippen LogP contribution < -0.4 is 5.32 Å². The third-order valence-electron chi connectivity index (χ3n) is 5.39. The first-order chi connectivity index (χ1) is 12.8. The number of thioether (sulfide) groups is 1. The van der Waals surface area contributed by atoms with Crippen molar-refractivity contribution in [2.75, 3.05) is 6.54 Å². The van der Waals surface area contributed by atoms with Crippen LogP contribution in [-0.4, -0.2) is 56.7 Å². The minimum atomic E-state index is -1.11. The topological polar surface area (TPSA) is 103 Å². The number of nitrogens with one attached hydrogen (secondary N) is 1. The van der Waals surface area contributed by atoms with Gasteiger partial charge in [-0.1, -0.05) is 24.8 Å². The molecule has 0 spiro atoms. The molecular formula is C18H21N3O4S2. The monoisotopic (exact) mass is 407 g/mol. The predicted octanol–water partition coefficient (Wildman–Crippen LogP) is 1.76. The number of carboxylic acids is 1. The number of fused-ring (bicyclic) bond motifs is 1. The summed E-state index contributed by atoms with van der Waals surface area (Å²) in [4.78, 5) is 30.9. The van der Waals surface area contributed by atoms with E-state index in [1.54, 1.807) is 6.92 Å². The van der Waals surface area contributed by atoms with Crippen LogP contribution in [0, 0.1) is 11.8 Å². The molecule has 3 aliphatic rings. The van der Waals surface area contributed by atoms with E-state index >= 15 is 0 Å². The van der Waals surface area contributed by atoms with Crippen molar-refractivity contribution in [3.05, 3.63) is 27.8 Å². The lowest BCUT2D eigenvalue weighted by molar-refractivity contribution is -0.163. The van der Waals surface area contributed by atoms with Crippen molar-refractivity contribution >= 4 is 40.5 Å². The van der Waals surface area contributed by atoms with Crippen LogP contribution in [-0.2, 0) is 9.59 Å². The molecule has 7 nitrogen and oxygen atoms in total. The Bertz CT molecular complexity index is 876. The molecule has 1 fully saturated rings. The zero-order valence-corrected chi connectivity index (χ0v) is 16.8. The van der Waals surface area contributed by atoms with Crippen molar-refractivity contribution in [1.29, 1.82) is 0 Å². The summed E-state index contributed by atoms with van der Waals surface area (Å²) in [5.41, 5.74) is 2.08. The van der Waals surface area contributed by atoms with Crippen molar-refractivity contribution < 1.29 is 19.8 Å². The molecule has 3 aliphatic heterocycles. The second kappa shape index (κ2) is 6.73. The number of thiazole rings is 1. The molecular weight excluding hydrogens is 386 g/mol. The van der Waals surface area contributed by atoms with E-state index in [1.807, 2.05) is 12.3 Å². The van der Waals surface area contributed by atoms with Gasteiger partial charge in [0, 0.05) is 28.8 Å². The molecule has 1 saturated heterocycles. The Labute approximate surface area is 165 Å². The van der Waals surface area contributed by atoms with Crippen molar-refractivity contribution in [3.63, 3.8) is 0 Å². The van der Waals surface area contributed by atoms with Crippen molar-refractivity contribution in [2.45, 2.75) is 43.3 Å². The molecule has 3 N–H and O–H groups in total. The zero-order valence-electron chi connectivity index (χ0n) is 15.2. The smallest absolute Gasteiger partial charge is 0.353 e. The van der Waals surface area contributed by atoms with Crippen LogP contribution in [0.1, 0.15) is 26.5 Å². The van der Waals surface area contributed by atoms with Gasteiger partial charge in [0.15, 0.2) is 4.34 Å². The van der Waals surface area contributed by atoms with Crippen LogP contribution in [0.4, 0.5) is 0 Å². The van der Waals surface area contributed by atoms with Crippen molar-refractivity contribution in [2.24, 2.45) is 11.8 Å². The molecule has 27 heavy (non-hydrogen) atoms. The number of hydrogen-bond acceptors (Lipinski definition) is 7. The Morgan fingerprint density at radius 1 is 1.48 bits per heavy atom. The summed E-state index contributed by atoms with van der Waals surface area (Å²) in [5, 5.41) is 24.9. The zero-order chi connectivity index (χ0) is 19.5. The van der Waals surface area contributed by atoms with E-state index < -0.39 is 18.0 Å². The van der Waals surface area contributed by atoms with Crippen LogP contribution in [0.2, 0.25) is 0 Å². The molecule has 4 rings (SSSR count). The Balaban J connectivity index is 1.62. The van der Waals surface area contributed by atoms with E-state index in [0.717, 1.165) is 22.2 Å². The highest BCUT2D eigenvalue weighted by Crippen LogP contribution is 2.52. The van der Waals surface area contributed by atoms with E-state index in [4.69, 9.17) is 0 Å². The van der Waals surface area contributed by atoms with E-state index in [1.165, 1.54) is 28.0 Å². The number of carbonyl (C=O) groups is 2. The minimum Gasteiger partial charge on any atom is -0.477 e. The molecule has 1 unspecified atom stereocenters. The van der Waals surface area contributed by atoms with Gasteiger partial charge in [-0.3, -0.25) is 4.79 Å². The van der Waals surface area contributed by atoms with E-state index in [2.05, 4.69) is 23.3 Å². The highest BCUT2D eigenvalue weighted by atomic mass is 32.2. The number of aliphatic hydroxyl groups excluding tert-OH is 1. The molecule has 4 heterocycles. The molecule has 0 aliphatic carbocycles. The van der Waals surface area contributed by atoms with Gasteiger partial charge in [0.2, 0.25) is 5.91 Å². The van der Waals surface area contributed by atoms with E-state index in [0.29, 0.717) is 10.9 Å². The summed E-state index contributed by atoms with van der Waals surface area (Å²) in [6, 6.07) is 0.0222. The quantitative estimate of drug-likeness (QED) is 0.639. The summed E-state index contributed by atoms with van der Waals surface area (Å²) in [5.74, 6) is -2.13. The summed E-state index contributed by atoms with van der Waals surface area (Å²) < 4.78 is 0.759. The van der Waals surface area contributed by atoms with Crippen molar-refractivity contribution in [3.8, 4) is 0 Å². The third-order valence-corrected chi connectivity index (χ3v) is 7.61. The maximum Gasteiger partial charge on any atom is 0.353 e. The lowest BCUT2D eigenvalue weighted by Crippen LogP contribution is -2.63. The van der Waals surface area contributed by atoms with Gasteiger partial charge in [0.25, 0.3) is 0 Å². The molecule has 0 aromatic carbocycles. The van der Waals surface area contributed by atoms with Gasteiger partial charge in [-0.25, -0.2) is 9.78 Å². The normalized spacial score (nSPS) is 31.0. The first kappa shape index (κ1) is 18.7. The number of β-lactam (4-membered cyclic amide) rings is 1. The van der Waals surface area contributed by atoms with Crippen LogP contribution in [0.15, 0.2) is 26.4 Å². The summed E-state index contributed by atoms with van der Waals surface area (Å²) in [6.45, 7) is 6.35. The predicted molar refractivity (Wildman–Crippen MR) is 103 cm³/mol. The van der Waals surface area contributed by atoms with Gasteiger partial charge in [0.1, 0.15) is 5.70 Å². The highest BCUT2D eigenvalue weighted by Gasteiger charge is 2.60. The summed E-state index contributed by atoms with van der Waals surface area (Å²) in [6.07, 6.45) is 1.34. The Morgan fingerprint density at radius 3 is 2.81 bits per heavy atom. The van der Waals surface area contributed by atoms with Crippen molar-refractivity contribution in [1.82, 2.24) is 15.2 Å². The van der Waals surface area contributed by atoms with Gasteiger partial charge < -0.3 is 20.4 Å². The fourth-order valence-electron chi connectivity index (χ4n) is 4.07. The lowest BCUT2D eigenvalue weighted by atomic mass is 9.79. The maximum atomic E-state index is 12.4. The number of nitrogens with zero attached hydrogens (tertiary/aromatic N) is 2. The lowest BCUT2D eigenvalue weighted by Gasteiger charge is -2.46. The molecule has 0 saturated carbocycles. The number of carboxylic acid groups (broad SMARTS) is 1. The van der Waals surface area contributed by atoms with Crippen LogP contribution in [0.5, 0.6) is 0 Å². The Hall–Kier alpha value is -1.68. The number of aliphatic carboxylic acids is 1. The van der Waals surface area contributed by atoms with Gasteiger partial charge in [-0.2, -0.15) is 0 Å². The molecule has 1 aromatic rings. The van der Waals surface area contributed by atoms with Crippen LogP contribution in [0.3, 0.4) is 0 Å². The summed E-state index contributed by atoms with van der Waals surface area (Å²) >= 11 is 2.80. The van der Waals surface area contributed by atoms with Gasteiger partial charge in [-0.15, -0.1) is 11.3 Å². The summed E-state index contributed by atoms with van der Waals surface area (Å²) in [7, 11) is 0. The van der Waals surface area contributed by atoms with Gasteiger partial charge in [-0.05, 0) is 19.4 Å². The number of carbonyl (C=O) groups excluding carboxylic acids is 1. The first-order valence-corrected chi connectivity index (χ1v) is 10.6. The molecule has 0 bridgehead atoms. The number of amides is 1. The van der Waals surface area contributed by atoms with Gasteiger partial charge >= 0.3 is 5.97 Å². The molecule has 1 aromatic heterocycles. The SMILES string of the molecule is C[C@@H]1C=C(c2csc(SC3=C(C(=O)O)N4C(=O)[C@H]([C@@H](C)O)C4[C@H]3C)n2)CN1. The minimum absolute atomic E-state index is 0.0338. The number of hydrogen-bond donors (Lipinski definition) is 3. The molecule has 5 atom stereocenters. The van der Waals surface area contributed by atoms with Crippen LogP contribution >= 0.6 is 23.1 Å². The first-order valence-electron chi connectivity index (χ1n) is 8.86. The largest absolute Gasteiger partial charge is 0.477 e. The number of aromatic nitrogens is 1. The second-order valence-electron chi connectivity index (χ2n) is 7.23. The van der Waals surface area contributed by atoms with Gasteiger partial charge in [0.05, 0.1) is 23.8 Å². The average molecular weight is 408 g/mol. The fourth-order valence-corrected chi connectivity index (χ4v) is 6.18. The number of rotatable bonds is 5. The maximum absolute atomic E-state index is 12.4. The van der Waals surface area contributed by atoms with Crippen LogP contribution in [0.25, 0.3) is 5.57 Å². The second-order valence-corrected chi connectivity index (χ2v) is 9.38. The average Bonchev–Trinajstić information content (AvgIpc) is 3.27. The molecule has 144 valence electrons. The Kier molecular flexibility index (Phi) is 4.66.